The Morgan fingerprint density at radius 2 is 1.95 bits per heavy atom. The van der Waals surface area contributed by atoms with E-state index < -0.39 is 0 Å². The number of para-hydroxylation sites is 1. The molecule has 2 aliphatic rings. The first kappa shape index (κ1) is 12.5. The first-order valence-electron chi connectivity index (χ1n) is 6.94. The number of hydrogen-bond donors (Lipinski definition) is 1. The lowest BCUT2D eigenvalue weighted by Crippen LogP contribution is -2.35. The van der Waals surface area contributed by atoms with Gasteiger partial charge < -0.3 is 10.6 Å². The second-order valence-electron chi connectivity index (χ2n) is 5.82. The van der Waals surface area contributed by atoms with Gasteiger partial charge in [0.2, 0.25) is 0 Å². The Labute approximate surface area is 114 Å². The Morgan fingerprint density at radius 3 is 2.47 bits per heavy atom. The predicted octanol–water partition coefficient (Wildman–Crippen LogP) is 1.94. The van der Waals surface area contributed by atoms with Gasteiger partial charge in [0.15, 0.2) is 0 Å². The Hall–Kier alpha value is -1.55. The molecule has 1 unspecified atom stereocenters. The van der Waals surface area contributed by atoms with Gasteiger partial charge in [-0.15, -0.1) is 0 Å². The van der Waals surface area contributed by atoms with E-state index in [1.165, 1.54) is 5.56 Å². The summed E-state index contributed by atoms with van der Waals surface area (Å²) in [5.74, 6) is 0. The molecular weight excluding hydrogens is 238 g/mol. The molecule has 102 valence electrons. The largest absolute Gasteiger partial charge is 0.327 e. The summed E-state index contributed by atoms with van der Waals surface area (Å²) in [5.41, 5.74) is 8.55. The number of rotatable bonds is 3. The van der Waals surface area contributed by atoms with Crippen molar-refractivity contribution < 1.29 is 4.79 Å². The van der Waals surface area contributed by atoms with Crippen molar-refractivity contribution in [3.05, 3.63) is 29.8 Å². The zero-order valence-corrected chi connectivity index (χ0v) is 11.6. The van der Waals surface area contributed by atoms with Gasteiger partial charge in [0, 0.05) is 37.3 Å². The standard InChI is InChI=1S/C15H21N3O/c1-11(16)15(7-8-15)12-5-3-4-6-13(12)18-10-9-17(2)14(18)19/h3-6,11H,7-10,16H2,1-2H3. The molecular formula is C15H21N3O. The minimum absolute atomic E-state index is 0.0814. The summed E-state index contributed by atoms with van der Waals surface area (Å²) in [6.45, 7) is 3.63. The van der Waals surface area contributed by atoms with Gasteiger partial charge in [0.1, 0.15) is 0 Å². The summed E-state index contributed by atoms with van der Waals surface area (Å²) in [7, 11) is 1.85. The molecule has 19 heavy (non-hydrogen) atoms. The molecule has 4 heteroatoms. The van der Waals surface area contributed by atoms with E-state index in [1.807, 2.05) is 24.1 Å². The van der Waals surface area contributed by atoms with Crippen molar-refractivity contribution in [3.8, 4) is 0 Å². The number of nitrogens with zero attached hydrogens (tertiary/aromatic N) is 2. The zero-order chi connectivity index (χ0) is 13.6. The van der Waals surface area contributed by atoms with Gasteiger partial charge in [0.05, 0.1) is 0 Å². The lowest BCUT2D eigenvalue weighted by atomic mass is 9.88. The van der Waals surface area contributed by atoms with Crippen molar-refractivity contribution in [1.29, 1.82) is 0 Å². The minimum Gasteiger partial charge on any atom is -0.327 e. The molecule has 2 amide bonds. The van der Waals surface area contributed by atoms with Crippen LogP contribution in [-0.2, 0) is 5.41 Å². The first-order valence-corrected chi connectivity index (χ1v) is 6.94. The van der Waals surface area contributed by atoms with Gasteiger partial charge in [-0.05, 0) is 31.4 Å². The maximum absolute atomic E-state index is 12.2. The Bertz CT molecular complexity index is 508. The number of carbonyl (C=O) groups is 1. The predicted molar refractivity (Wildman–Crippen MR) is 76.4 cm³/mol. The van der Waals surface area contributed by atoms with Crippen molar-refractivity contribution >= 4 is 11.7 Å². The van der Waals surface area contributed by atoms with Crippen LogP contribution in [-0.4, -0.2) is 37.1 Å². The molecule has 1 aromatic rings. The molecule has 2 fully saturated rings. The molecule has 1 aromatic carbocycles. The first-order chi connectivity index (χ1) is 9.06. The molecule has 3 rings (SSSR count). The topological polar surface area (TPSA) is 49.6 Å². The lowest BCUT2D eigenvalue weighted by molar-refractivity contribution is 0.229. The van der Waals surface area contributed by atoms with Gasteiger partial charge in [-0.1, -0.05) is 18.2 Å². The van der Waals surface area contributed by atoms with Crippen LogP contribution in [0, 0.1) is 0 Å². The normalized spacial score (nSPS) is 22.8. The molecule has 1 atom stereocenters. The average Bonchev–Trinajstić information content (AvgIpc) is 3.14. The smallest absolute Gasteiger partial charge is 0.324 e. The maximum atomic E-state index is 12.2. The van der Waals surface area contributed by atoms with Crippen LogP contribution in [0.4, 0.5) is 10.5 Å². The number of likely N-dealkylation sites (N-methyl/N-ethyl adjacent to an activating group) is 1. The molecule has 1 saturated heterocycles. The molecule has 4 nitrogen and oxygen atoms in total. The monoisotopic (exact) mass is 259 g/mol. The molecule has 2 N–H and O–H groups in total. The second kappa shape index (κ2) is 4.23. The molecule has 1 heterocycles. The van der Waals surface area contributed by atoms with Crippen molar-refractivity contribution in [2.45, 2.75) is 31.2 Å². The van der Waals surface area contributed by atoms with Crippen LogP contribution in [0.5, 0.6) is 0 Å². The Balaban J connectivity index is 2.02. The van der Waals surface area contributed by atoms with E-state index in [1.54, 1.807) is 4.90 Å². The molecule has 0 bridgehead atoms. The Morgan fingerprint density at radius 1 is 1.26 bits per heavy atom. The quantitative estimate of drug-likeness (QED) is 0.901. The molecule has 1 aliphatic heterocycles. The highest BCUT2D eigenvalue weighted by molar-refractivity contribution is 5.95. The zero-order valence-electron chi connectivity index (χ0n) is 11.6. The lowest BCUT2D eigenvalue weighted by Gasteiger charge is -2.27. The fraction of sp³-hybridized carbons (Fsp3) is 0.533. The maximum Gasteiger partial charge on any atom is 0.324 e. The second-order valence-corrected chi connectivity index (χ2v) is 5.82. The van der Waals surface area contributed by atoms with Crippen LogP contribution in [0.2, 0.25) is 0 Å². The number of carbonyl (C=O) groups excluding carboxylic acids is 1. The van der Waals surface area contributed by atoms with E-state index in [9.17, 15) is 4.79 Å². The highest BCUT2D eigenvalue weighted by Gasteiger charge is 2.49. The van der Waals surface area contributed by atoms with E-state index in [2.05, 4.69) is 19.1 Å². The van der Waals surface area contributed by atoms with Gasteiger partial charge in [-0.25, -0.2) is 4.79 Å². The summed E-state index contributed by atoms with van der Waals surface area (Å²) >= 11 is 0. The van der Waals surface area contributed by atoms with Crippen LogP contribution in [0.15, 0.2) is 24.3 Å². The molecule has 1 aliphatic carbocycles. The summed E-state index contributed by atoms with van der Waals surface area (Å²) < 4.78 is 0. The fourth-order valence-electron chi connectivity index (χ4n) is 3.11. The SMILES string of the molecule is CC(N)C1(c2ccccc2N2CCN(C)C2=O)CC1. The average molecular weight is 259 g/mol. The molecule has 0 spiro atoms. The van der Waals surface area contributed by atoms with Crippen LogP contribution < -0.4 is 10.6 Å². The number of hydrogen-bond acceptors (Lipinski definition) is 2. The van der Waals surface area contributed by atoms with Crippen LogP contribution in [0.1, 0.15) is 25.3 Å². The van der Waals surface area contributed by atoms with Crippen molar-refractivity contribution in [1.82, 2.24) is 4.90 Å². The third kappa shape index (κ3) is 1.82. The van der Waals surface area contributed by atoms with Gasteiger partial charge in [0.25, 0.3) is 0 Å². The number of urea groups is 1. The molecule has 1 saturated carbocycles. The van der Waals surface area contributed by atoms with E-state index in [0.717, 1.165) is 31.6 Å². The summed E-state index contributed by atoms with van der Waals surface area (Å²) in [6.07, 6.45) is 2.25. The Kier molecular flexibility index (Phi) is 2.78. The number of nitrogens with two attached hydrogens (primary N) is 1. The highest BCUT2D eigenvalue weighted by atomic mass is 16.2. The van der Waals surface area contributed by atoms with E-state index in [0.29, 0.717) is 0 Å². The van der Waals surface area contributed by atoms with E-state index in [4.69, 9.17) is 5.73 Å². The van der Waals surface area contributed by atoms with Crippen molar-refractivity contribution in [2.75, 3.05) is 25.0 Å². The number of amides is 2. The van der Waals surface area contributed by atoms with E-state index in [-0.39, 0.29) is 17.5 Å². The summed E-state index contributed by atoms with van der Waals surface area (Å²) in [5, 5.41) is 0. The number of anilines is 1. The van der Waals surface area contributed by atoms with Crippen molar-refractivity contribution in [2.24, 2.45) is 5.73 Å². The third-order valence-corrected chi connectivity index (χ3v) is 4.61. The van der Waals surface area contributed by atoms with Gasteiger partial charge >= 0.3 is 6.03 Å². The fourth-order valence-corrected chi connectivity index (χ4v) is 3.11. The van der Waals surface area contributed by atoms with E-state index >= 15 is 0 Å². The number of benzene rings is 1. The van der Waals surface area contributed by atoms with Gasteiger partial charge in [-0.3, -0.25) is 4.90 Å². The third-order valence-electron chi connectivity index (χ3n) is 4.61. The molecule has 0 aromatic heterocycles. The van der Waals surface area contributed by atoms with Crippen LogP contribution >= 0.6 is 0 Å². The highest BCUT2D eigenvalue weighted by Crippen LogP contribution is 2.53. The van der Waals surface area contributed by atoms with Crippen LogP contribution in [0.3, 0.4) is 0 Å². The summed E-state index contributed by atoms with van der Waals surface area (Å²) in [6, 6.07) is 8.45. The summed E-state index contributed by atoms with van der Waals surface area (Å²) in [4.78, 5) is 15.8. The van der Waals surface area contributed by atoms with Crippen molar-refractivity contribution in [3.63, 3.8) is 0 Å². The van der Waals surface area contributed by atoms with Crippen LogP contribution in [0.25, 0.3) is 0 Å². The minimum atomic E-state index is 0.0814. The van der Waals surface area contributed by atoms with Gasteiger partial charge in [-0.2, -0.15) is 0 Å². The molecule has 0 radical (unpaired) electrons.